The van der Waals surface area contributed by atoms with Gasteiger partial charge in [-0.25, -0.2) is 4.98 Å². The molecule has 3 aromatic heterocycles. The highest BCUT2D eigenvalue weighted by molar-refractivity contribution is 6.11. The summed E-state index contributed by atoms with van der Waals surface area (Å²) >= 11 is 0. The Kier molecular flexibility index (Phi) is 5.50. The molecule has 0 saturated heterocycles. The first-order valence-electron chi connectivity index (χ1n) is 14.9. The van der Waals surface area contributed by atoms with Gasteiger partial charge >= 0.3 is 0 Å². The van der Waals surface area contributed by atoms with Crippen molar-refractivity contribution in [3.63, 3.8) is 0 Å². The van der Waals surface area contributed by atoms with E-state index in [1.54, 1.807) is 0 Å². The second-order valence-electron chi connectivity index (χ2n) is 11.2. The Bertz CT molecular complexity index is 2480. The van der Waals surface area contributed by atoms with Gasteiger partial charge in [0.15, 0.2) is 0 Å². The van der Waals surface area contributed by atoms with Crippen LogP contribution in [0.3, 0.4) is 0 Å². The number of rotatable bonds is 4. The Morgan fingerprint density at radius 2 is 0.977 bits per heavy atom. The lowest BCUT2D eigenvalue weighted by molar-refractivity contribution is 0.669. The lowest BCUT2D eigenvalue weighted by atomic mass is 10.0. The maximum absolute atomic E-state index is 6.08. The van der Waals surface area contributed by atoms with Crippen molar-refractivity contribution in [2.75, 3.05) is 0 Å². The quantitative estimate of drug-likeness (QED) is 0.214. The Balaban J connectivity index is 1.14. The molecule has 6 aromatic carbocycles. The molecule has 9 rings (SSSR count). The van der Waals surface area contributed by atoms with E-state index in [0.29, 0.717) is 0 Å². The van der Waals surface area contributed by atoms with Crippen molar-refractivity contribution in [3.05, 3.63) is 158 Å². The van der Waals surface area contributed by atoms with Crippen molar-refractivity contribution < 1.29 is 4.42 Å². The van der Waals surface area contributed by atoms with Crippen molar-refractivity contribution in [3.8, 4) is 39.3 Å². The molecule has 0 amide bonds. The van der Waals surface area contributed by atoms with Gasteiger partial charge < -0.3 is 8.98 Å². The zero-order valence-electron chi connectivity index (χ0n) is 23.8. The monoisotopic (exact) mass is 562 g/mol. The maximum atomic E-state index is 6.08. The summed E-state index contributed by atoms with van der Waals surface area (Å²) in [5.74, 6) is 0. The first kappa shape index (κ1) is 24.6. The van der Waals surface area contributed by atoms with E-state index in [-0.39, 0.29) is 0 Å². The van der Waals surface area contributed by atoms with Gasteiger partial charge in [0.25, 0.3) is 0 Å². The van der Waals surface area contributed by atoms with E-state index in [1.165, 1.54) is 32.9 Å². The molecule has 0 aliphatic carbocycles. The average molecular weight is 563 g/mol. The molecule has 206 valence electrons. The van der Waals surface area contributed by atoms with Gasteiger partial charge in [0.1, 0.15) is 11.2 Å². The van der Waals surface area contributed by atoms with E-state index in [9.17, 15) is 0 Å². The van der Waals surface area contributed by atoms with Crippen molar-refractivity contribution in [1.29, 1.82) is 0 Å². The fourth-order valence-corrected chi connectivity index (χ4v) is 6.48. The second kappa shape index (κ2) is 9.82. The Morgan fingerprint density at radius 1 is 0.386 bits per heavy atom. The molecule has 0 aliphatic heterocycles. The summed E-state index contributed by atoms with van der Waals surface area (Å²) in [7, 11) is 0. The summed E-state index contributed by atoms with van der Waals surface area (Å²) < 4.78 is 8.44. The second-order valence-corrected chi connectivity index (χ2v) is 11.2. The van der Waals surface area contributed by atoms with Crippen LogP contribution in [-0.4, -0.2) is 9.55 Å². The minimum absolute atomic E-state index is 0.915. The molecule has 3 heteroatoms. The minimum atomic E-state index is 0.915. The number of fused-ring (bicyclic) bond motifs is 6. The molecule has 3 nitrogen and oxygen atoms in total. The molecule has 44 heavy (non-hydrogen) atoms. The highest BCUT2D eigenvalue weighted by Crippen LogP contribution is 2.37. The summed E-state index contributed by atoms with van der Waals surface area (Å²) in [5.41, 5.74) is 11.8. The van der Waals surface area contributed by atoms with E-state index < -0.39 is 0 Å². The molecular weight excluding hydrogens is 536 g/mol. The van der Waals surface area contributed by atoms with Gasteiger partial charge in [-0.2, -0.15) is 0 Å². The van der Waals surface area contributed by atoms with Crippen LogP contribution in [0.5, 0.6) is 0 Å². The van der Waals surface area contributed by atoms with Crippen LogP contribution in [0.1, 0.15) is 0 Å². The fourth-order valence-electron chi connectivity index (χ4n) is 6.48. The van der Waals surface area contributed by atoms with Crippen LogP contribution in [0, 0.1) is 0 Å². The molecule has 0 unspecified atom stereocenters. The number of furan rings is 1. The molecule has 0 aliphatic rings. The molecule has 0 fully saturated rings. The number of pyridine rings is 1. The zero-order valence-corrected chi connectivity index (χ0v) is 23.8. The lowest BCUT2D eigenvalue weighted by Crippen LogP contribution is -1.94. The largest absolute Gasteiger partial charge is 0.456 e. The van der Waals surface area contributed by atoms with Crippen molar-refractivity contribution in [2.24, 2.45) is 0 Å². The highest BCUT2D eigenvalue weighted by Gasteiger charge is 2.15. The summed E-state index contributed by atoms with van der Waals surface area (Å²) in [4.78, 5) is 4.96. The van der Waals surface area contributed by atoms with Crippen LogP contribution in [0.15, 0.2) is 162 Å². The molecule has 0 spiro atoms. The lowest BCUT2D eigenvalue weighted by Gasteiger charge is -2.10. The van der Waals surface area contributed by atoms with E-state index >= 15 is 0 Å². The predicted octanol–water partition coefficient (Wildman–Crippen LogP) is 11.1. The third-order valence-corrected chi connectivity index (χ3v) is 8.62. The first-order valence-corrected chi connectivity index (χ1v) is 14.9. The van der Waals surface area contributed by atoms with Gasteiger partial charge in [-0.3, -0.25) is 0 Å². The summed E-state index contributed by atoms with van der Waals surface area (Å²) in [6, 6.07) is 55.5. The Hall–Kier alpha value is -5.93. The van der Waals surface area contributed by atoms with Gasteiger partial charge in [0.2, 0.25) is 0 Å². The standard InChI is InChI=1S/C41H26N2O/c1-2-9-27(10-3-1)36-13-8-14-37(42-36)28-17-21-31(22-18-28)43-38-15-6-4-11-32(38)34-25-29(19-23-39(34)43)30-20-24-41-35(26-30)33-12-5-7-16-40(33)44-41/h1-26H. The molecule has 0 N–H and O–H groups in total. The van der Waals surface area contributed by atoms with E-state index in [4.69, 9.17) is 9.40 Å². The number of hydrogen-bond donors (Lipinski definition) is 0. The SMILES string of the molecule is c1ccc(-c2cccc(-c3ccc(-n4c5ccccc5c5cc(-c6ccc7oc8ccccc8c7c6)ccc54)cc3)n2)cc1. The van der Waals surface area contributed by atoms with Gasteiger partial charge in [0, 0.05) is 38.4 Å². The Labute approximate surface area is 254 Å². The molecular formula is C41H26N2O. The van der Waals surface area contributed by atoms with Crippen LogP contribution < -0.4 is 0 Å². The molecule has 0 saturated carbocycles. The molecule has 0 atom stereocenters. The van der Waals surface area contributed by atoms with E-state index in [0.717, 1.165) is 50.1 Å². The molecule has 3 heterocycles. The van der Waals surface area contributed by atoms with Crippen LogP contribution in [0.4, 0.5) is 0 Å². The molecule has 9 aromatic rings. The van der Waals surface area contributed by atoms with Crippen LogP contribution in [0.25, 0.3) is 83.1 Å². The summed E-state index contributed by atoms with van der Waals surface area (Å²) in [5, 5.41) is 4.76. The summed E-state index contributed by atoms with van der Waals surface area (Å²) in [6.45, 7) is 0. The normalized spacial score (nSPS) is 11.6. The topological polar surface area (TPSA) is 31.0 Å². The predicted molar refractivity (Wildman–Crippen MR) is 182 cm³/mol. The van der Waals surface area contributed by atoms with Gasteiger partial charge in [-0.1, -0.05) is 97.1 Å². The number of para-hydroxylation sites is 2. The van der Waals surface area contributed by atoms with Gasteiger partial charge in [-0.15, -0.1) is 0 Å². The fraction of sp³-hybridized carbons (Fsp3) is 0. The first-order chi connectivity index (χ1) is 21.8. The summed E-state index contributed by atoms with van der Waals surface area (Å²) in [6.07, 6.45) is 0. The van der Waals surface area contributed by atoms with Crippen molar-refractivity contribution in [1.82, 2.24) is 9.55 Å². The van der Waals surface area contributed by atoms with Gasteiger partial charge in [0.05, 0.1) is 22.4 Å². The maximum Gasteiger partial charge on any atom is 0.135 e. The van der Waals surface area contributed by atoms with Crippen molar-refractivity contribution in [2.45, 2.75) is 0 Å². The zero-order chi connectivity index (χ0) is 29.0. The molecule has 0 radical (unpaired) electrons. The molecule has 0 bridgehead atoms. The third-order valence-electron chi connectivity index (χ3n) is 8.62. The smallest absolute Gasteiger partial charge is 0.135 e. The van der Waals surface area contributed by atoms with Crippen LogP contribution in [0.2, 0.25) is 0 Å². The third kappa shape index (κ3) is 3.94. The van der Waals surface area contributed by atoms with E-state index in [2.05, 4.69) is 132 Å². The van der Waals surface area contributed by atoms with Crippen LogP contribution >= 0.6 is 0 Å². The average Bonchev–Trinajstić information content (AvgIpc) is 3.64. The van der Waals surface area contributed by atoms with Crippen molar-refractivity contribution >= 4 is 43.7 Å². The van der Waals surface area contributed by atoms with E-state index in [1.807, 2.05) is 30.3 Å². The number of hydrogen-bond acceptors (Lipinski definition) is 2. The van der Waals surface area contributed by atoms with Crippen LogP contribution in [-0.2, 0) is 0 Å². The number of benzene rings is 6. The minimum Gasteiger partial charge on any atom is -0.456 e. The Morgan fingerprint density at radius 3 is 1.80 bits per heavy atom. The van der Waals surface area contributed by atoms with Gasteiger partial charge in [-0.05, 0) is 71.8 Å². The number of nitrogens with zero attached hydrogens (tertiary/aromatic N) is 2. The number of aromatic nitrogens is 2. The highest BCUT2D eigenvalue weighted by atomic mass is 16.3.